The van der Waals surface area contributed by atoms with Crippen molar-refractivity contribution in [2.24, 2.45) is 0 Å². The zero-order valence-corrected chi connectivity index (χ0v) is 16.3. The molecule has 0 aliphatic carbocycles. The molecule has 27 heavy (non-hydrogen) atoms. The molecule has 0 aromatic heterocycles. The molecule has 0 unspecified atom stereocenters. The van der Waals surface area contributed by atoms with E-state index in [4.69, 9.17) is 9.47 Å². The molecule has 2 aliphatic rings. The topological polar surface area (TPSA) is 67.9 Å². The van der Waals surface area contributed by atoms with Crippen LogP contribution in [-0.2, 0) is 20.8 Å². The number of carbonyl (C=O) groups excluding carboxylic acids is 2. The third-order valence-electron chi connectivity index (χ3n) is 5.40. The second-order valence-electron chi connectivity index (χ2n) is 7.68. The standard InChI is InChI=1S/C21H30N2O4/c1-16(2)27-11-5-10-22-19(24)14-21(8-12-26-13-9-21)23-15-17-6-3-4-7-18(17)20(23)25/h3-4,6-7,16H,5,8-15H2,1-2H3,(H,22,24). The van der Waals surface area contributed by atoms with Gasteiger partial charge in [-0.2, -0.15) is 0 Å². The van der Waals surface area contributed by atoms with Crippen molar-refractivity contribution in [2.75, 3.05) is 26.4 Å². The van der Waals surface area contributed by atoms with Gasteiger partial charge in [-0.3, -0.25) is 9.59 Å². The first kappa shape index (κ1) is 19.8. The lowest BCUT2D eigenvalue weighted by molar-refractivity contribution is -0.125. The van der Waals surface area contributed by atoms with E-state index in [9.17, 15) is 9.59 Å². The molecule has 0 atom stereocenters. The minimum atomic E-state index is -0.465. The van der Waals surface area contributed by atoms with Gasteiger partial charge in [-0.25, -0.2) is 0 Å². The predicted octanol–water partition coefficient (Wildman–Crippen LogP) is 2.51. The largest absolute Gasteiger partial charge is 0.381 e. The van der Waals surface area contributed by atoms with Gasteiger partial charge in [0, 0.05) is 38.5 Å². The summed E-state index contributed by atoms with van der Waals surface area (Å²) in [5.41, 5.74) is 1.33. The summed E-state index contributed by atoms with van der Waals surface area (Å²) in [6.07, 6.45) is 2.69. The summed E-state index contributed by atoms with van der Waals surface area (Å²) in [6, 6.07) is 7.72. The third kappa shape index (κ3) is 4.68. The minimum absolute atomic E-state index is 0.00907. The maximum absolute atomic E-state index is 13.0. The van der Waals surface area contributed by atoms with Crippen molar-refractivity contribution >= 4 is 11.8 Å². The number of hydrogen-bond acceptors (Lipinski definition) is 4. The molecular weight excluding hydrogens is 344 g/mol. The van der Waals surface area contributed by atoms with Crippen LogP contribution >= 0.6 is 0 Å². The third-order valence-corrected chi connectivity index (χ3v) is 5.40. The van der Waals surface area contributed by atoms with Gasteiger partial charge in [-0.15, -0.1) is 0 Å². The highest BCUT2D eigenvalue weighted by molar-refractivity contribution is 5.99. The van der Waals surface area contributed by atoms with Crippen molar-refractivity contribution in [2.45, 2.75) is 57.7 Å². The van der Waals surface area contributed by atoms with Crippen LogP contribution in [0.4, 0.5) is 0 Å². The van der Waals surface area contributed by atoms with Crippen LogP contribution in [0.25, 0.3) is 0 Å². The Labute approximate surface area is 161 Å². The van der Waals surface area contributed by atoms with Crippen LogP contribution in [0.5, 0.6) is 0 Å². The summed E-state index contributed by atoms with van der Waals surface area (Å²) in [6.45, 7) is 6.95. The fraction of sp³-hybridized carbons (Fsp3) is 0.619. The van der Waals surface area contributed by atoms with E-state index in [1.54, 1.807) is 0 Å². The van der Waals surface area contributed by atoms with Crippen LogP contribution in [0.15, 0.2) is 24.3 Å². The van der Waals surface area contributed by atoms with Crippen molar-refractivity contribution in [1.29, 1.82) is 0 Å². The first-order chi connectivity index (χ1) is 13.0. The van der Waals surface area contributed by atoms with Crippen molar-refractivity contribution in [3.8, 4) is 0 Å². The number of amides is 2. The summed E-state index contributed by atoms with van der Waals surface area (Å²) in [5, 5.41) is 2.99. The van der Waals surface area contributed by atoms with E-state index in [0.29, 0.717) is 52.2 Å². The van der Waals surface area contributed by atoms with Gasteiger partial charge in [-0.05, 0) is 44.7 Å². The van der Waals surface area contributed by atoms with Gasteiger partial charge < -0.3 is 19.7 Å². The Balaban J connectivity index is 1.62. The Morgan fingerprint density at radius 3 is 2.74 bits per heavy atom. The number of nitrogens with zero attached hydrogens (tertiary/aromatic N) is 1. The SMILES string of the molecule is CC(C)OCCCNC(=O)CC1(N2Cc3ccccc3C2=O)CCOCC1. The van der Waals surface area contributed by atoms with E-state index in [2.05, 4.69) is 5.32 Å². The van der Waals surface area contributed by atoms with E-state index >= 15 is 0 Å². The van der Waals surface area contributed by atoms with Gasteiger partial charge in [-0.1, -0.05) is 18.2 Å². The van der Waals surface area contributed by atoms with E-state index in [1.165, 1.54) is 0 Å². The molecule has 0 spiro atoms. The monoisotopic (exact) mass is 374 g/mol. The summed E-state index contributed by atoms with van der Waals surface area (Å²) >= 11 is 0. The van der Waals surface area contributed by atoms with Crippen molar-refractivity contribution in [3.63, 3.8) is 0 Å². The Morgan fingerprint density at radius 2 is 2.04 bits per heavy atom. The number of carbonyl (C=O) groups is 2. The van der Waals surface area contributed by atoms with E-state index in [1.807, 2.05) is 43.0 Å². The van der Waals surface area contributed by atoms with Gasteiger partial charge in [0.1, 0.15) is 0 Å². The molecule has 2 aliphatic heterocycles. The zero-order valence-electron chi connectivity index (χ0n) is 16.3. The molecule has 6 heteroatoms. The molecular formula is C21H30N2O4. The van der Waals surface area contributed by atoms with E-state index < -0.39 is 5.54 Å². The fourth-order valence-corrected chi connectivity index (χ4v) is 3.91. The molecule has 148 valence electrons. The highest BCUT2D eigenvalue weighted by Gasteiger charge is 2.45. The lowest BCUT2D eigenvalue weighted by Gasteiger charge is -2.44. The van der Waals surface area contributed by atoms with E-state index in [0.717, 1.165) is 17.5 Å². The Morgan fingerprint density at radius 1 is 1.30 bits per heavy atom. The second kappa shape index (κ2) is 8.85. The van der Waals surface area contributed by atoms with Crippen LogP contribution < -0.4 is 5.32 Å². The number of ether oxygens (including phenoxy) is 2. The van der Waals surface area contributed by atoms with Gasteiger partial charge >= 0.3 is 0 Å². The first-order valence-electron chi connectivity index (χ1n) is 9.88. The summed E-state index contributed by atoms with van der Waals surface area (Å²) < 4.78 is 11.0. The minimum Gasteiger partial charge on any atom is -0.381 e. The normalized spacial score (nSPS) is 18.6. The Kier molecular flexibility index (Phi) is 6.50. The summed E-state index contributed by atoms with van der Waals surface area (Å²) in [4.78, 5) is 27.5. The number of hydrogen-bond donors (Lipinski definition) is 1. The van der Waals surface area contributed by atoms with Crippen LogP contribution in [0.1, 0.15) is 55.5 Å². The Hall–Kier alpha value is -1.92. The lowest BCUT2D eigenvalue weighted by Crippen LogP contribution is -2.54. The number of nitrogens with one attached hydrogen (secondary N) is 1. The van der Waals surface area contributed by atoms with Gasteiger partial charge in [0.2, 0.25) is 5.91 Å². The summed E-state index contributed by atoms with van der Waals surface area (Å²) in [5.74, 6) is 0.0239. The second-order valence-corrected chi connectivity index (χ2v) is 7.68. The average molecular weight is 374 g/mol. The highest BCUT2D eigenvalue weighted by atomic mass is 16.5. The highest BCUT2D eigenvalue weighted by Crippen LogP contribution is 2.37. The van der Waals surface area contributed by atoms with Crippen LogP contribution in [0.2, 0.25) is 0 Å². The summed E-state index contributed by atoms with van der Waals surface area (Å²) in [7, 11) is 0. The number of fused-ring (bicyclic) bond motifs is 1. The van der Waals surface area contributed by atoms with Gasteiger partial charge in [0.25, 0.3) is 5.91 Å². The molecule has 1 aromatic carbocycles. The maximum Gasteiger partial charge on any atom is 0.254 e. The molecule has 1 N–H and O–H groups in total. The molecule has 2 amide bonds. The molecule has 0 bridgehead atoms. The van der Waals surface area contributed by atoms with E-state index in [-0.39, 0.29) is 17.9 Å². The quantitative estimate of drug-likeness (QED) is 0.710. The van der Waals surface area contributed by atoms with Crippen LogP contribution in [-0.4, -0.2) is 54.7 Å². The maximum atomic E-state index is 13.0. The molecule has 0 saturated carbocycles. The van der Waals surface area contributed by atoms with Crippen molar-refractivity contribution in [1.82, 2.24) is 10.2 Å². The Bertz CT molecular complexity index is 668. The van der Waals surface area contributed by atoms with Gasteiger partial charge in [0.15, 0.2) is 0 Å². The zero-order chi connectivity index (χ0) is 19.3. The predicted molar refractivity (Wildman–Crippen MR) is 102 cm³/mol. The first-order valence-corrected chi connectivity index (χ1v) is 9.88. The number of rotatable bonds is 8. The van der Waals surface area contributed by atoms with Crippen molar-refractivity contribution < 1.29 is 19.1 Å². The molecule has 1 fully saturated rings. The fourth-order valence-electron chi connectivity index (χ4n) is 3.91. The lowest BCUT2D eigenvalue weighted by atomic mass is 9.84. The molecule has 1 saturated heterocycles. The molecule has 2 heterocycles. The van der Waals surface area contributed by atoms with Gasteiger partial charge in [0.05, 0.1) is 18.1 Å². The number of benzene rings is 1. The molecule has 3 rings (SSSR count). The van der Waals surface area contributed by atoms with Crippen molar-refractivity contribution in [3.05, 3.63) is 35.4 Å². The molecule has 1 aromatic rings. The average Bonchev–Trinajstić information content (AvgIpc) is 3.00. The smallest absolute Gasteiger partial charge is 0.254 e. The van der Waals surface area contributed by atoms with Crippen LogP contribution in [0, 0.1) is 0 Å². The molecule has 6 nitrogen and oxygen atoms in total. The molecule has 0 radical (unpaired) electrons. The van der Waals surface area contributed by atoms with Crippen LogP contribution in [0.3, 0.4) is 0 Å².